The number of hydrogen-bond donors (Lipinski definition) is 1. The number of anilines is 1. The van der Waals surface area contributed by atoms with Gasteiger partial charge in [0.1, 0.15) is 5.75 Å². The van der Waals surface area contributed by atoms with Crippen LogP contribution in [0, 0.1) is 5.92 Å². The second-order valence-electron chi connectivity index (χ2n) is 4.13. The first-order valence-electron chi connectivity index (χ1n) is 5.55. The van der Waals surface area contributed by atoms with Crippen LogP contribution in [-0.2, 0) is 4.79 Å². The lowest BCUT2D eigenvalue weighted by Crippen LogP contribution is -2.28. The molecule has 17 heavy (non-hydrogen) atoms. The standard InChI is InChI=1S/C12H13N3O2/c1-17-9-4-2-3-8(5-9)15-12(16)10-6-13-7-11(10)14-15/h2-5,10,13H,6-7H2,1H3. The minimum atomic E-state index is -0.0822. The molecule has 3 rings (SSSR count). The highest BCUT2D eigenvalue weighted by atomic mass is 16.5. The third kappa shape index (κ3) is 1.59. The predicted octanol–water partition coefficient (Wildman–Crippen LogP) is 0.617. The number of nitrogens with one attached hydrogen (secondary N) is 1. The van der Waals surface area contributed by atoms with Crippen molar-refractivity contribution in [2.45, 2.75) is 0 Å². The lowest BCUT2D eigenvalue weighted by molar-refractivity contribution is -0.119. The third-order valence-electron chi connectivity index (χ3n) is 3.09. The molecule has 1 unspecified atom stereocenters. The molecule has 2 aliphatic heterocycles. The first kappa shape index (κ1) is 10.3. The molecule has 0 spiro atoms. The highest BCUT2D eigenvalue weighted by Crippen LogP contribution is 2.27. The number of nitrogens with zero attached hydrogens (tertiary/aromatic N) is 2. The summed E-state index contributed by atoms with van der Waals surface area (Å²) in [4.78, 5) is 12.1. The molecular weight excluding hydrogens is 218 g/mol. The summed E-state index contributed by atoms with van der Waals surface area (Å²) in [5.74, 6) is 0.685. The van der Waals surface area contributed by atoms with Gasteiger partial charge in [-0.1, -0.05) is 6.07 Å². The van der Waals surface area contributed by atoms with Gasteiger partial charge in [-0.15, -0.1) is 0 Å². The van der Waals surface area contributed by atoms with Crippen molar-refractivity contribution in [3.05, 3.63) is 24.3 Å². The third-order valence-corrected chi connectivity index (χ3v) is 3.09. The van der Waals surface area contributed by atoms with E-state index in [0.29, 0.717) is 13.1 Å². The first-order chi connectivity index (χ1) is 8.29. The maximum atomic E-state index is 12.1. The first-order valence-corrected chi connectivity index (χ1v) is 5.55. The minimum Gasteiger partial charge on any atom is -0.497 e. The van der Waals surface area contributed by atoms with Crippen LogP contribution in [0.1, 0.15) is 0 Å². The zero-order valence-electron chi connectivity index (χ0n) is 9.51. The second kappa shape index (κ2) is 3.85. The van der Waals surface area contributed by atoms with Gasteiger partial charge in [-0.2, -0.15) is 5.10 Å². The molecule has 1 N–H and O–H groups in total. The summed E-state index contributed by atoms with van der Waals surface area (Å²) in [7, 11) is 1.61. The van der Waals surface area contributed by atoms with E-state index < -0.39 is 0 Å². The highest BCUT2D eigenvalue weighted by Gasteiger charge is 2.39. The Bertz CT molecular complexity index is 498. The van der Waals surface area contributed by atoms with Crippen molar-refractivity contribution in [1.29, 1.82) is 0 Å². The Morgan fingerprint density at radius 2 is 2.41 bits per heavy atom. The number of fused-ring (bicyclic) bond motifs is 1. The van der Waals surface area contributed by atoms with Crippen molar-refractivity contribution < 1.29 is 9.53 Å². The van der Waals surface area contributed by atoms with Crippen molar-refractivity contribution in [3.63, 3.8) is 0 Å². The van der Waals surface area contributed by atoms with Gasteiger partial charge in [-0.3, -0.25) is 4.79 Å². The van der Waals surface area contributed by atoms with Crippen LogP contribution in [0.2, 0.25) is 0 Å². The number of carbonyl (C=O) groups excluding carboxylic acids is 1. The van der Waals surface area contributed by atoms with Crippen LogP contribution >= 0.6 is 0 Å². The number of carbonyl (C=O) groups is 1. The molecule has 1 saturated heterocycles. The number of methoxy groups -OCH3 is 1. The molecule has 0 aromatic heterocycles. The maximum absolute atomic E-state index is 12.1. The van der Waals surface area contributed by atoms with Gasteiger partial charge < -0.3 is 10.1 Å². The van der Waals surface area contributed by atoms with Crippen LogP contribution in [0.4, 0.5) is 5.69 Å². The molecular formula is C12H13N3O2. The Morgan fingerprint density at radius 1 is 1.53 bits per heavy atom. The maximum Gasteiger partial charge on any atom is 0.257 e. The lowest BCUT2D eigenvalue weighted by atomic mass is 10.1. The summed E-state index contributed by atoms with van der Waals surface area (Å²) in [5, 5.41) is 8.98. The van der Waals surface area contributed by atoms with Crippen molar-refractivity contribution >= 4 is 17.3 Å². The Balaban J connectivity index is 1.94. The summed E-state index contributed by atoms with van der Waals surface area (Å²) in [5.41, 5.74) is 1.69. The Labute approximate surface area is 99.1 Å². The fourth-order valence-electron chi connectivity index (χ4n) is 2.17. The van der Waals surface area contributed by atoms with Crippen LogP contribution in [0.15, 0.2) is 29.4 Å². The predicted molar refractivity (Wildman–Crippen MR) is 64.3 cm³/mol. The van der Waals surface area contributed by atoms with E-state index in [9.17, 15) is 4.79 Å². The van der Waals surface area contributed by atoms with Gasteiger partial charge >= 0.3 is 0 Å². The molecule has 1 aromatic carbocycles. The zero-order chi connectivity index (χ0) is 11.8. The van der Waals surface area contributed by atoms with Crippen molar-refractivity contribution in [3.8, 4) is 5.75 Å². The van der Waals surface area contributed by atoms with Crippen LogP contribution < -0.4 is 15.1 Å². The number of amides is 1. The number of hydrazone groups is 1. The van der Waals surface area contributed by atoms with Gasteiger partial charge in [0, 0.05) is 19.2 Å². The molecule has 1 aromatic rings. The van der Waals surface area contributed by atoms with E-state index in [-0.39, 0.29) is 11.8 Å². The second-order valence-corrected chi connectivity index (χ2v) is 4.13. The SMILES string of the molecule is COc1cccc(N2N=C3CNCC3C2=O)c1. The van der Waals surface area contributed by atoms with Crippen LogP contribution in [-0.4, -0.2) is 31.8 Å². The summed E-state index contributed by atoms with van der Waals surface area (Å²) in [6, 6.07) is 7.38. The summed E-state index contributed by atoms with van der Waals surface area (Å²) < 4.78 is 5.14. The summed E-state index contributed by atoms with van der Waals surface area (Å²) >= 11 is 0. The molecule has 1 fully saturated rings. The molecule has 5 nitrogen and oxygen atoms in total. The van der Waals surface area contributed by atoms with Gasteiger partial charge in [0.15, 0.2) is 0 Å². The van der Waals surface area contributed by atoms with E-state index in [0.717, 1.165) is 17.1 Å². The molecule has 88 valence electrons. The molecule has 0 aliphatic carbocycles. The fourth-order valence-corrected chi connectivity index (χ4v) is 2.17. The van der Waals surface area contributed by atoms with Gasteiger partial charge in [0.25, 0.3) is 5.91 Å². The molecule has 2 aliphatic rings. The zero-order valence-corrected chi connectivity index (χ0v) is 9.51. The van der Waals surface area contributed by atoms with Gasteiger partial charge in [-0.05, 0) is 12.1 Å². The Morgan fingerprint density at radius 3 is 3.18 bits per heavy atom. The van der Waals surface area contributed by atoms with E-state index in [1.165, 1.54) is 5.01 Å². The van der Waals surface area contributed by atoms with Gasteiger partial charge in [0.05, 0.1) is 24.4 Å². The molecule has 1 amide bonds. The minimum absolute atomic E-state index is 0.0400. The Kier molecular flexibility index (Phi) is 2.33. The normalized spacial score (nSPS) is 22.6. The average Bonchev–Trinajstić information content (AvgIpc) is 2.93. The Hall–Kier alpha value is -1.88. The quantitative estimate of drug-likeness (QED) is 0.811. The van der Waals surface area contributed by atoms with Crippen LogP contribution in [0.5, 0.6) is 5.75 Å². The molecule has 2 heterocycles. The van der Waals surface area contributed by atoms with Crippen molar-refractivity contribution in [2.75, 3.05) is 25.2 Å². The molecule has 0 saturated carbocycles. The topological polar surface area (TPSA) is 53.9 Å². The smallest absolute Gasteiger partial charge is 0.257 e. The van der Waals surface area contributed by atoms with E-state index in [1.54, 1.807) is 7.11 Å². The lowest BCUT2D eigenvalue weighted by Gasteiger charge is -2.14. The molecule has 0 radical (unpaired) electrons. The van der Waals surface area contributed by atoms with E-state index in [1.807, 2.05) is 24.3 Å². The highest BCUT2D eigenvalue weighted by molar-refractivity contribution is 6.17. The number of ether oxygens (including phenoxy) is 1. The van der Waals surface area contributed by atoms with E-state index in [4.69, 9.17) is 4.74 Å². The number of benzene rings is 1. The van der Waals surface area contributed by atoms with Gasteiger partial charge in [-0.25, -0.2) is 5.01 Å². The van der Waals surface area contributed by atoms with E-state index >= 15 is 0 Å². The van der Waals surface area contributed by atoms with Crippen molar-refractivity contribution in [1.82, 2.24) is 5.32 Å². The number of hydrogen-bond acceptors (Lipinski definition) is 4. The average molecular weight is 231 g/mol. The largest absolute Gasteiger partial charge is 0.497 e. The summed E-state index contributed by atoms with van der Waals surface area (Å²) in [6.07, 6.45) is 0. The molecule has 1 atom stereocenters. The van der Waals surface area contributed by atoms with Gasteiger partial charge in [0.2, 0.25) is 0 Å². The van der Waals surface area contributed by atoms with Crippen LogP contribution in [0.3, 0.4) is 0 Å². The van der Waals surface area contributed by atoms with E-state index in [2.05, 4.69) is 10.4 Å². The molecule has 0 bridgehead atoms. The monoisotopic (exact) mass is 231 g/mol. The fraction of sp³-hybridized carbons (Fsp3) is 0.333. The van der Waals surface area contributed by atoms with Crippen LogP contribution in [0.25, 0.3) is 0 Å². The van der Waals surface area contributed by atoms with Crippen molar-refractivity contribution in [2.24, 2.45) is 11.0 Å². The summed E-state index contributed by atoms with van der Waals surface area (Å²) in [6.45, 7) is 1.40. The number of rotatable bonds is 2. The molecule has 5 heteroatoms.